The fraction of sp³-hybridized carbons (Fsp3) is 1.00. The minimum absolute atomic E-state index is 0.135. The zero-order valence-electron chi connectivity index (χ0n) is 4.08. The third-order valence-corrected chi connectivity index (χ3v) is 5.53. The predicted molar refractivity (Wildman–Crippen MR) is 35.8 cm³/mol. The van der Waals surface area contributed by atoms with Crippen LogP contribution in [0.3, 0.4) is 0 Å². The zero-order chi connectivity index (χ0) is 4.83. The van der Waals surface area contributed by atoms with Crippen LogP contribution in [-0.4, -0.2) is 18.9 Å². The van der Waals surface area contributed by atoms with Crippen LogP contribution >= 0.6 is 12.7 Å². The molecule has 0 aromatic rings. The first-order valence-electron chi connectivity index (χ1n) is 2.33. The molecule has 2 heteroatoms. The summed E-state index contributed by atoms with van der Waals surface area (Å²) in [6.07, 6.45) is 2.82. The summed E-state index contributed by atoms with van der Waals surface area (Å²) in [6.45, 7) is 2.24. The second kappa shape index (κ2) is 6.28. The first kappa shape index (κ1) is 7.28. The molecule has 0 aromatic heterocycles. The number of unbranched alkanes of at least 4 members (excludes halogenated alkanes) is 1. The zero-order valence-corrected chi connectivity index (χ0v) is 8.96. The Bertz CT molecular complexity index is 19.5. The van der Waals surface area contributed by atoms with Crippen LogP contribution < -0.4 is 0 Å². The van der Waals surface area contributed by atoms with Gasteiger partial charge in [0.1, 0.15) is 0 Å². The van der Waals surface area contributed by atoms with E-state index in [1.54, 1.807) is 0 Å². The predicted octanol–water partition coefficient (Wildman–Crippen LogP) is 1.95. The van der Waals surface area contributed by atoms with E-state index in [0.29, 0.717) is 0 Å². The van der Waals surface area contributed by atoms with Gasteiger partial charge in [-0.2, -0.15) is 0 Å². The fourth-order valence-corrected chi connectivity index (χ4v) is 4.06. The molecule has 0 spiro atoms. The molecule has 0 bridgehead atoms. The number of hydrogen-bond donors (Lipinski definition) is 0. The molecule has 0 N–H and O–H groups in total. The summed E-state index contributed by atoms with van der Waals surface area (Å²) in [5.74, 6) is 0. The molecular formula is C4H10BrSn. The molecular weight excluding hydrogens is 247 g/mol. The van der Waals surface area contributed by atoms with Gasteiger partial charge in [-0.1, -0.05) is 0 Å². The molecule has 0 nitrogen and oxygen atoms in total. The van der Waals surface area contributed by atoms with Gasteiger partial charge in [-0.25, -0.2) is 0 Å². The van der Waals surface area contributed by atoms with E-state index < -0.39 is 0 Å². The quantitative estimate of drug-likeness (QED) is 0.535. The molecule has 0 aliphatic carbocycles. The fourth-order valence-electron chi connectivity index (χ4n) is 0.281. The van der Waals surface area contributed by atoms with Gasteiger partial charge in [0.2, 0.25) is 0 Å². The van der Waals surface area contributed by atoms with Crippen molar-refractivity contribution >= 4 is 31.6 Å². The molecule has 0 heterocycles. The summed E-state index contributed by atoms with van der Waals surface area (Å²) >= 11 is 3.41. The van der Waals surface area contributed by atoms with E-state index in [-0.39, 0.29) is 18.9 Å². The molecule has 0 amide bonds. The molecule has 0 unspecified atom stereocenters. The van der Waals surface area contributed by atoms with Crippen molar-refractivity contribution in [2.24, 2.45) is 0 Å². The SMILES string of the molecule is CCC[CH2][SnH][Br]. The van der Waals surface area contributed by atoms with Crippen LogP contribution in [-0.2, 0) is 0 Å². The molecule has 37 valence electrons. The number of rotatable bonds is 3. The van der Waals surface area contributed by atoms with E-state index in [0.717, 1.165) is 0 Å². The van der Waals surface area contributed by atoms with Crippen molar-refractivity contribution in [1.29, 1.82) is 0 Å². The monoisotopic (exact) mass is 257 g/mol. The third-order valence-electron chi connectivity index (χ3n) is 0.667. The van der Waals surface area contributed by atoms with Crippen LogP contribution in [0, 0.1) is 0 Å². The van der Waals surface area contributed by atoms with Gasteiger partial charge in [0, 0.05) is 0 Å². The Labute approximate surface area is 55.7 Å². The van der Waals surface area contributed by atoms with Crippen LogP contribution in [0.4, 0.5) is 0 Å². The summed E-state index contributed by atoms with van der Waals surface area (Å²) in [7, 11) is 0. The first-order chi connectivity index (χ1) is 2.91. The molecule has 0 rings (SSSR count). The van der Waals surface area contributed by atoms with E-state index in [4.69, 9.17) is 0 Å². The molecule has 0 aliphatic rings. The first-order valence-corrected chi connectivity index (χ1v) is 12.1. The summed E-state index contributed by atoms with van der Waals surface area (Å²) in [5.41, 5.74) is 0. The summed E-state index contributed by atoms with van der Waals surface area (Å²) in [5, 5.41) is 0. The normalized spacial score (nSPS) is 9.00. The number of hydrogen-bond acceptors (Lipinski definition) is 0. The van der Waals surface area contributed by atoms with Crippen LogP contribution in [0.2, 0.25) is 4.44 Å². The van der Waals surface area contributed by atoms with Gasteiger partial charge in [0.05, 0.1) is 0 Å². The Morgan fingerprint density at radius 2 is 2.33 bits per heavy atom. The van der Waals surface area contributed by atoms with Gasteiger partial charge in [0.25, 0.3) is 0 Å². The van der Waals surface area contributed by atoms with Crippen molar-refractivity contribution < 1.29 is 0 Å². The summed E-state index contributed by atoms with van der Waals surface area (Å²) < 4.78 is 1.52. The van der Waals surface area contributed by atoms with Crippen molar-refractivity contribution in [3.63, 3.8) is 0 Å². The standard InChI is InChI=1S/C4H9.BrH.Sn.H/c1-3-4-2;;;/h1,3-4H2,2H3;1H;;/q;;+1;/p-1. The maximum atomic E-state index is 3.54. The topological polar surface area (TPSA) is 0 Å². The van der Waals surface area contributed by atoms with Crippen LogP contribution in [0.25, 0.3) is 0 Å². The average Bonchev–Trinajstić information content (AvgIpc) is 1.61. The molecule has 0 saturated carbocycles. The summed E-state index contributed by atoms with van der Waals surface area (Å²) in [4.78, 5) is 0. The van der Waals surface area contributed by atoms with E-state index >= 15 is 0 Å². The molecule has 1 radical (unpaired) electrons. The van der Waals surface area contributed by atoms with Crippen LogP contribution in [0.5, 0.6) is 0 Å². The Morgan fingerprint density at radius 3 is 2.50 bits per heavy atom. The van der Waals surface area contributed by atoms with Gasteiger partial charge >= 0.3 is 55.8 Å². The van der Waals surface area contributed by atoms with E-state index in [9.17, 15) is 0 Å². The van der Waals surface area contributed by atoms with Crippen molar-refractivity contribution in [2.45, 2.75) is 24.2 Å². The van der Waals surface area contributed by atoms with E-state index in [1.165, 1.54) is 17.3 Å². The van der Waals surface area contributed by atoms with Gasteiger partial charge < -0.3 is 0 Å². The van der Waals surface area contributed by atoms with Gasteiger partial charge in [-0.15, -0.1) is 0 Å². The third kappa shape index (κ3) is 5.28. The van der Waals surface area contributed by atoms with Gasteiger partial charge in [-0.3, -0.25) is 0 Å². The van der Waals surface area contributed by atoms with Gasteiger partial charge in [-0.05, 0) is 0 Å². The van der Waals surface area contributed by atoms with Crippen LogP contribution in [0.15, 0.2) is 0 Å². The molecule has 6 heavy (non-hydrogen) atoms. The summed E-state index contributed by atoms with van der Waals surface area (Å²) in [6, 6.07) is 0. The van der Waals surface area contributed by atoms with Crippen molar-refractivity contribution in [2.75, 3.05) is 0 Å². The molecule has 0 aromatic carbocycles. The second-order valence-corrected chi connectivity index (χ2v) is 8.17. The van der Waals surface area contributed by atoms with Gasteiger partial charge in [0.15, 0.2) is 0 Å². The average molecular weight is 257 g/mol. The molecule has 0 saturated heterocycles. The Balaban J connectivity index is 2.34. The second-order valence-electron chi connectivity index (χ2n) is 1.30. The maximum absolute atomic E-state index is 3.54. The molecule has 0 fully saturated rings. The van der Waals surface area contributed by atoms with Crippen LogP contribution in [0.1, 0.15) is 19.8 Å². The van der Waals surface area contributed by atoms with Crippen molar-refractivity contribution in [3.05, 3.63) is 0 Å². The molecule has 0 aliphatic heterocycles. The molecule has 0 atom stereocenters. The Morgan fingerprint density at radius 1 is 1.67 bits per heavy atom. The number of halogens is 1. The Kier molecular flexibility index (Phi) is 7.62. The van der Waals surface area contributed by atoms with E-state index in [2.05, 4.69) is 19.6 Å². The van der Waals surface area contributed by atoms with Crippen molar-refractivity contribution in [3.8, 4) is 0 Å². The van der Waals surface area contributed by atoms with E-state index in [1.807, 2.05) is 0 Å². The Hall–Kier alpha value is 1.28. The van der Waals surface area contributed by atoms with Crippen molar-refractivity contribution in [1.82, 2.24) is 0 Å². The minimum atomic E-state index is -0.135.